The van der Waals surface area contributed by atoms with Crippen molar-refractivity contribution in [2.75, 3.05) is 5.32 Å². The second-order valence-electron chi connectivity index (χ2n) is 6.17. The first-order valence-corrected chi connectivity index (χ1v) is 8.70. The predicted molar refractivity (Wildman–Crippen MR) is 107 cm³/mol. The Morgan fingerprint density at radius 2 is 2.04 bits per heavy atom. The number of anilines is 1. The van der Waals surface area contributed by atoms with Crippen molar-refractivity contribution in [2.45, 2.75) is 26.9 Å². The summed E-state index contributed by atoms with van der Waals surface area (Å²) in [5.41, 5.74) is 8.29. The number of nitrogens with two attached hydrogens (primary N) is 1. The van der Waals surface area contributed by atoms with Crippen molar-refractivity contribution in [2.24, 2.45) is 5.73 Å². The number of hydrogen-bond donors (Lipinski definition) is 4. The molecule has 0 aliphatic rings. The first kappa shape index (κ1) is 18.2. The van der Waals surface area contributed by atoms with Crippen molar-refractivity contribution in [3.05, 3.63) is 71.9 Å². The van der Waals surface area contributed by atoms with Gasteiger partial charge >= 0.3 is 0 Å². The van der Waals surface area contributed by atoms with Gasteiger partial charge in [0, 0.05) is 19.3 Å². The Morgan fingerprint density at radius 1 is 1.30 bits per heavy atom. The summed E-state index contributed by atoms with van der Waals surface area (Å²) in [7, 11) is 0. The summed E-state index contributed by atoms with van der Waals surface area (Å²) in [6.45, 7) is 9.25. The molecule has 5 N–H and O–H groups in total. The van der Waals surface area contributed by atoms with E-state index in [1.54, 1.807) is 10.9 Å². The monoisotopic (exact) mass is 364 g/mol. The van der Waals surface area contributed by atoms with E-state index in [4.69, 9.17) is 11.1 Å². The van der Waals surface area contributed by atoms with Crippen LogP contribution >= 0.6 is 0 Å². The van der Waals surface area contributed by atoms with E-state index in [2.05, 4.69) is 27.3 Å². The van der Waals surface area contributed by atoms with Crippen LogP contribution in [0.3, 0.4) is 0 Å². The molecular weight excluding hydrogens is 340 g/mol. The summed E-state index contributed by atoms with van der Waals surface area (Å²) in [5, 5.41) is 18.7. The minimum Gasteiger partial charge on any atom is -0.382 e. The third-order valence-corrected chi connectivity index (χ3v) is 4.05. The molecule has 2 aromatic heterocycles. The lowest BCUT2D eigenvalue weighted by atomic mass is 10.2. The van der Waals surface area contributed by atoms with Gasteiger partial charge in [-0.25, -0.2) is 9.67 Å². The van der Waals surface area contributed by atoms with Gasteiger partial charge in [-0.2, -0.15) is 5.10 Å². The van der Waals surface area contributed by atoms with Gasteiger partial charge in [-0.3, -0.25) is 9.98 Å². The Kier molecular flexibility index (Phi) is 5.25. The number of imidazole rings is 1. The summed E-state index contributed by atoms with van der Waals surface area (Å²) in [5.74, 6) is 1.68. The van der Waals surface area contributed by atoms with Crippen molar-refractivity contribution in [3.8, 4) is 5.95 Å². The van der Waals surface area contributed by atoms with Crippen LogP contribution in [0.25, 0.3) is 5.95 Å². The van der Waals surface area contributed by atoms with Crippen molar-refractivity contribution < 1.29 is 0 Å². The van der Waals surface area contributed by atoms with Crippen molar-refractivity contribution >= 4 is 11.7 Å². The van der Waals surface area contributed by atoms with Crippen LogP contribution < -0.4 is 16.4 Å². The molecule has 0 aliphatic carbocycles. The number of amidine groups is 1. The number of aromatic nitrogens is 4. The van der Waals surface area contributed by atoms with E-state index in [0.29, 0.717) is 36.4 Å². The lowest BCUT2D eigenvalue weighted by Crippen LogP contribution is -2.22. The third kappa shape index (κ3) is 4.00. The average molecular weight is 364 g/mol. The molecule has 140 valence electrons. The molecule has 0 saturated carbocycles. The Bertz CT molecular complexity index is 952. The maximum absolute atomic E-state index is 7.89. The fourth-order valence-corrected chi connectivity index (χ4v) is 2.74. The fraction of sp³-hybridized carbons (Fsp3) is 0.211. The minimum atomic E-state index is -0.120. The van der Waals surface area contributed by atoms with Gasteiger partial charge in [-0.05, 0) is 25.0 Å². The van der Waals surface area contributed by atoms with Gasteiger partial charge < -0.3 is 16.4 Å². The molecule has 0 saturated heterocycles. The highest BCUT2D eigenvalue weighted by Crippen LogP contribution is 2.22. The van der Waals surface area contributed by atoms with Gasteiger partial charge in [0.25, 0.3) is 0 Å². The molecule has 0 fully saturated rings. The third-order valence-electron chi connectivity index (χ3n) is 4.05. The van der Waals surface area contributed by atoms with Gasteiger partial charge in [-0.1, -0.05) is 36.9 Å². The second-order valence-corrected chi connectivity index (χ2v) is 6.17. The number of hydrogen-bond acceptors (Lipinski definition) is 5. The molecule has 3 aromatic rings. The Morgan fingerprint density at radius 3 is 2.63 bits per heavy atom. The minimum absolute atomic E-state index is 0.120. The van der Waals surface area contributed by atoms with E-state index < -0.39 is 0 Å². The van der Waals surface area contributed by atoms with Gasteiger partial charge in [-0.15, -0.1) is 0 Å². The molecule has 2 heterocycles. The van der Waals surface area contributed by atoms with Gasteiger partial charge in [0.1, 0.15) is 17.3 Å². The normalized spacial score (nSPS) is 10.6. The molecule has 1 aromatic carbocycles. The van der Waals surface area contributed by atoms with Crippen LogP contribution in [-0.4, -0.2) is 25.2 Å². The fourth-order valence-electron chi connectivity index (χ4n) is 2.74. The van der Waals surface area contributed by atoms with Crippen molar-refractivity contribution in [3.63, 3.8) is 0 Å². The second kappa shape index (κ2) is 7.77. The highest BCUT2D eigenvalue weighted by Gasteiger charge is 2.20. The van der Waals surface area contributed by atoms with E-state index in [-0.39, 0.29) is 5.84 Å². The Labute approximate surface area is 158 Å². The molecule has 0 atom stereocenters. The molecule has 8 nitrogen and oxygen atoms in total. The topological polar surface area (TPSA) is 110 Å². The Balaban J connectivity index is 1.86. The highest BCUT2D eigenvalue weighted by molar-refractivity contribution is 5.98. The van der Waals surface area contributed by atoms with Gasteiger partial charge in [0.15, 0.2) is 0 Å². The van der Waals surface area contributed by atoms with Crippen LogP contribution in [0.2, 0.25) is 0 Å². The van der Waals surface area contributed by atoms with E-state index >= 15 is 0 Å². The lowest BCUT2D eigenvalue weighted by molar-refractivity contribution is 0.688. The summed E-state index contributed by atoms with van der Waals surface area (Å²) < 4.78 is 3.59. The maximum atomic E-state index is 7.89. The summed E-state index contributed by atoms with van der Waals surface area (Å²) in [6, 6.07) is 10.0. The van der Waals surface area contributed by atoms with E-state index in [1.165, 1.54) is 0 Å². The van der Waals surface area contributed by atoms with Crippen molar-refractivity contribution in [1.29, 1.82) is 5.41 Å². The first-order chi connectivity index (χ1) is 13.0. The van der Waals surface area contributed by atoms with Crippen LogP contribution in [0.15, 0.2) is 55.1 Å². The molecule has 27 heavy (non-hydrogen) atoms. The van der Waals surface area contributed by atoms with Gasteiger partial charge in [0.05, 0.1) is 12.0 Å². The molecule has 0 aliphatic heterocycles. The number of aryl methyl sites for hydroxylation is 1. The largest absolute Gasteiger partial charge is 0.382 e. The maximum Gasteiger partial charge on any atom is 0.233 e. The lowest BCUT2D eigenvalue weighted by Gasteiger charge is -2.15. The van der Waals surface area contributed by atoms with Crippen LogP contribution in [0, 0.1) is 12.3 Å². The van der Waals surface area contributed by atoms with Crippen LogP contribution in [-0.2, 0) is 13.1 Å². The molecule has 3 rings (SSSR count). The quantitative estimate of drug-likeness (QED) is 0.362. The first-order valence-electron chi connectivity index (χ1n) is 8.70. The predicted octanol–water partition coefficient (Wildman–Crippen LogP) is 2.35. The SMILES string of the molecule is C=C(NCc1ccccc1)Nc1c(C(=N)N)nc(-n2cc(C)cn2)n1CC. The standard InChI is InChI=1S/C19H24N8/c1-4-26-18(24-14(3)22-11-15-8-6-5-7-9-15)16(17(20)21)25-19(26)27-12-13(2)10-23-27/h5-10,12,22,24H,3-4,11H2,1-2H3,(H3,20,21). The highest BCUT2D eigenvalue weighted by atomic mass is 15.4. The molecule has 0 unspecified atom stereocenters. The molecule has 0 radical (unpaired) electrons. The Hall–Kier alpha value is -3.55. The van der Waals surface area contributed by atoms with Crippen LogP contribution in [0.1, 0.15) is 23.7 Å². The number of nitrogens with zero attached hydrogens (tertiary/aromatic N) is 4. The zero-order valence-electron chi connectivity index (χ0n) is 15.5. The summed E-state index contributed by atoms with van der Waals surface area (Å²) in [4.78, 5) is 4.52. The van der Waals surface area contributed by atoms with E-state index in [1.807, 2.05) is 54.9 Å². The molecule has 0 amide bonds. The van der Waals surface area contributed by atoms with E-state index in [0.717, 1.165) is 11.1 Å². The summed E-state index contributed by atoms with van der Waals surface area (Å²) in [6.07, 6.45) is 3.64. The number of rotatable bonds is 8. The van der Waals surface area contributed by atoms with Crippen molar-refractivity contribution in [1.82, 2.24) is 24.6 Å². The molecule has 0 bridgehead atoms. The molecule has 0 spiro atoms. The smallest absolute Gasteiger partial charge is 0.233 e. The van der Waals surface area contributed by atoms with Crippen LogP contribution in [0.5, 0.6) is 0 Å². The van der Waals surface area contributed by atoms with Gasteiger partial charge in [0.2, 0.25) is 5.95 Å². The number of nitrogens with one attached hydrogen (secondary N) is 3. The number of benzene rings is 1. The van der Waals surface area contributed by atoms with E-state index in [9.17, 15) is 0 Å². The summed E-state index contributed by atoms with van der Waals surface area (Å²) >= 11 is 0. The number of nitrogen functional groups attached to an aromatic ring is 1. The molecule has 8 heteroatoms. The van der Waals surface area contributed by atoms with Crippen LogP contribution in [0.4, 0.5) is 5.82 Å². The molecular formula is C19H24N8. The zero-order valence-corrected chi connectivity index (χ0v) is 15.5. The average Bonchev–Trinajstić information content (AvgIpc) is 3.24. The zero-order chi connectivity index (χ0) is 19.4.